The van der Waals surface area contributed by atoms with E-state index in [4.69, 9.17) is 0 Å². The van der Waals surface area contributed by atoms with E-state index in [9.17, 15) is 14.7 Å². The summed E-state index contributed by atoms with van der Waals surface area (Å²) < 4.78 is 0. The molecule has 0 aliphatic rings. The fourth-order valence-corrected chi connectivity index (χ4v) is 1.97. The van der Waals surface area contributed by atoms with Gasteiger partial charge in [-0.05, 0) is 12.8 Å². The Balaban J connectivity index is 3.16. The maximum Gasteiger partial charge on any atom is 0.286 e. The fraction of sp³-hybridized carbons (Fsp3) is 0.500. The molecule has 0 amide bonds. The van der Waals surface area contributed by atoms with E-state index in [1.165, 1.54) is 5.51 Å². The molecule has 0 atom stereocenters. The van der Waals surface area contributed by atoms with Gasteiger partial charge in [0.15, 0.2) is 10.8 Å². The first-order valence-electron chi connectivity index (χ1n) is 4.82. The second-order valence-corrected chi connectivity index (χ2v) is 4.05. The van der Waals surface area contributed by atoms with Crippen molar-refractivity contribution >= 4 is 17.1 Å². The summed E-state index contributed by atoms with van der Waals surface area (Å²) in [4.78, 5) is 26.7. The molecule has 0 saturated carbocycles. The van der Waals surface area contributed by atoms with Crippen LogP contribution in [0.25, 0.3) is 0 Å². The van der Waals surface area contributed by atoms with Gasteiger partial charge >= 0.3 is 0 Å². The molecule has 0 fully saturated rings. The van der Waals surface area contributed by atoms with Crippen LogP contribution in [0, 0.1) is 5.92 Å². The number of aromatic hydroxyl groups is 1. The Morgan fingerprint density at radius 3 is 2.60 bits per heavy atom. The highest BCUT2D eigenvalue weighted by Gasteiger charge is 2.23. The largest absolute Gasteiger partial charge is 0.499 e. The second kappa shape index (κ2) is 5.02. The number of Topliss-reactive ketones (excluding diaryl/α,β-unsaturated/α-hetero) is 1. The van der Waals surface area contributed by atoms with E-state index >= 15 is 0 Å². The zero-order valence-electron chi connectivity index (χ0n) is 8.69. The molecule has 4 nitrogen and oxygen atoms in total. The average Bonchev–Trinajstić information content (AvgIpc) is 2.19. The molecule has 0 saturated heterocycles. The fourth-order valence-electron chi connectivity index (χ4n) is 1.41. The predicted molar refractivity (Wildman–Crippen MR) is 58.5 cm³/mol. The minimum atomic E-state index is -0.636. The molecule has 1 rings (SSSR count). The lowest BCUT2D eigenvalue weighted by atomic mass is 9.94. The Morgan fingerprint density at radius 1 is 1.53 bits per heavy atom. The van der Waals surface area contributed by atoms with Crippen LogP contribution in [-0.2, 0) is 0 Å². The number of ketones is 1. The summed E-state index contributed by atoms with van der Waals surface area (Å²) in [6, 6.07) is 0. The minimum absolute atomic E-state index is 0.156. The number of nitrogens with zero attached hydrogens (tertiary/aromatic N) is 1. The minimum Gasteiger partial charge on any atom is -0.499 e. The predicted octanol–water partition coefficient (Wildman–Crippen LogP) is 1.83. The van der Waals surface area contributed by atoms with Crippen molar-refractivity contribution in [2.24, 2.45) is 5.92 Å². The van der Waals surface area contributed by atoms with Gasteiger partial charge in [-0.2, -0.15) is 0 Å². The van der Waals surface area contributed by atoms with E-state index in [0.717, 1.165) is 11.3 Å². The van der Waals surface area contributed by atoms with Gasteiger partial charge in [-0.25, -0.2) is 4.98 Å². The number of hydrogen-bond donors (Lipinski definition) is 1. The van der Waals surface area contributed by atoms with Crippen molar-refractivity contribution in [3.05, 3.63) is 21.4 Å². The van der Waals surface area contributed by atoms with E-state index in [2.05, 4.69) is 4.98 Å². The van der Waals surface area contributed by atoms with E-state index in [1.807, 2.05) is 13.8 Å². The van der Waals surface area contributed by atoms with Gasteiger partial charge in [-0.3, -0.25) is 9.59 Å². The number of carbonyl (C=O) groups excluding carboxylic acids is 1. The topological polar surface area (TPSA) is 67.3 Å². The summed E-state index contributed by atoms with van der Waals surface area (Å²) in [6.45, 7) is 3.76. The molecule has 15 heavy (non-hydrogen) atoms. The van der Waals surface area contributed by atoms with Gasteiger partial charge < -0.3 is 5.11 Å². The van der Waals surface area contributed by atoms with Gasteiger partial charge in [-0.15, -0.1) is 0 Å². The quantitative estimate of drug-likeness (QED) is 0.797. The van der Waals surface area contributed by atoms with Crippen LogP contribution in [0.3, 0.4) is 0 Å². The molecule has 0 unspecified atom stereocenters. The van der Waals surface area contributed by atoms with Crippen molar-refractivity contribution < 1.29 is 9.90 Å². The van der Waals surface area contributed by atoms with Crippen LogP contribution in [0.4, 0.5) is 0 Å². The molecule has 0 aromatic carbocycles. The maximum atomic E-state index is 11.9. The van der Waals surface area contributed by atoms with E-state index in [-0.39, 0.29) is 22.3 Å². The van der Waals surface area contributed by atoms with Gasteiger partial charge in [-0.1, -0.05) is 25.2 Å². The van der Waals surface area contributed by atoms with E-state index in [0.29, 0.717) is 12.8 Å². The summed E-state index contributed by atoms with van der Waals surface area (Å²) in [5, 5.41) is 9.23. The molecule has 82 valence electrons. The number of hydrogen-bond acceptors (Lipinski definition) is 5. The van der Waals surface area contributed by atoms with Crippen LogP contribution in [0.1, 0.15) is 37.0 Å². The Kier molecular flexibility index (Phi) is 3.96. The van der Waals surface area contributed by atoms with Crippen LogP contribution in [0.5, 0.6) is 5.06 Å². The summed E-state index contributed by atoms with van der Waals surface area (Å²) in [5.41, 5.74) is 0.445. The first-order chi connectivity index (χ1) is 7.11. The van der Waals surface area contributed by atoms with Gasteiger partial charge in [0.2, 0.25) is 0 Å². The number of aromatic nitrogens is 1. The van der Waals surface area contributed by atoms with E-state index < -0.39 is 5.56 Å². The Morgan fingerprint density at radius 2 is 2.13 bits per heavy atom. The van der Waals surface area contributed by atoms with Crippen molar-refractivity contribution in [2.75, 3.05) is 0 Å². The molecule has 1 aromatic heterocycles. The van der Waals surface area contributed by atoms with Crippen molar-refractivity contribution in [2.45, 2.75) is 26.7 Å². The highest BCUT2D eigenvalue weighted by atomic mass is 32.1. The lowest BCUT2D eigenvalue weighted by Crippen LogP contribution is -2.22. The summed E-state index contributed by atoms with van der Waals surface area (Å²) >= 11 is 0.898. The molecule has 1 heterocycles. The molecule has 0 spiro atoms. The molecule has 1 N–H and O–H groups in total. The monoisotopic (exact) mass is 227 g/mol. The Labute approximate surface area is 91.6 Å². The van der Waals surface area contributed by atoms with Crippen LogP contribution >= 0.6 is 11.3 Å². The number of carbonyl (C=O) groups is 1. The molecule has 0 radical (unpaired) electrons. The standard InChI is InChI=1S/C10H13NO3S/c1-3-6(4-2)8(12)7-9(13)11-5-15-10(7)14/h5-6,14H,3-4H2,1-2H3. The van der Waals surface area contributed by atoms with Crippen LogP contribution in [0.2, 0.25) is 0 Å². The SMILES string of the molecule is CCC(CC)C(=O)c1c(O)scnc1=O. The first-order valence-corrected chi connectivity index (χ1v) is 5.70. The number of rotatable bonds is 4. The second-order valence-electron chi connectivity index (χ2n) is 3.22. The normalized spacial score (nSPS) is 10.6. The van der Waals surface area contributed by atoms with Crippen molar-refractivity contribution in [3.63, 3.8) is 0 Å². The lowest BCUT2D eigenvalue weighted by molar-refractivity contribution is 0.0909. The van der Waals surface area contributed by atoms with E-state index in [1.54, 1.807) is 0 Å². The average molecular weight is 227 g/mol. The van der Waals surface area contributed by atoms with Gasteiger partial charge in [0.25, 0.3) is 5.56 Å². The Hall–Kier alpha value is -1.23. The molecule has 1 aromatic rings. The van der Waals surface area contributed by atoms with Crippen molar-refractivity contribution in [1.82, 2.24) is 4.98 Å². The lowest BCUT2D eigenvalue weighted by Gasteiger charge is -2.10. The summed E-state index contributed by atoms with van der Waals surface area (Å²) in [5.74, 6) is -0.508. The van der Waals surface area contributed by atoms with Crippen LogP contribution in [0.15, 0.2) is 10.3 Å². The molecule has 0 aliphatic carbocycles. The third kappa shape index (κ3) is 2.41. The third-order valence-electron chi connectivity index (χ3n) is 2.36. The third-order valence-corrected chi connectivity index (χ3v) is 3.00. The zero-order valence-corrected chi connectivity index (χ0v) is 9.50. The molecular formula is C10H13NO3S. The van der Waals surface area contributed by atoms with Gasteiger partial charge in [0.1, 0.15) is 5.56 Å². The molecule has 0 bridgehead atoms. The summed E-state index contributed by atoms with van der Waals surface area (Å²) in [7, 11) is 0. The maximum absolute atomic E-state index is 11.9. The zero-order chi connectivity index (χ0) is 11.4. The van der Waals surface area contributed by atoms with Gasteiger partial charge in [0.05, 0.1) is 5.51 Å². The molecule has 5 heteroatoms. The van der Waals surface area contributed by atoms with Crippen LogP contribution in [-0.4, -0.2) is 15.9 Å². The van der Waals surface area contributed by atoms with Gasteiger partial charge in [0, 0.05) is 5.92 Å². The molecular weight excluding hydrogens is 214 g/mol. The smallest absolute Gasteiger partial charge is 0.286 e. The van der Waals surface area contributed by atoms with Crippen LogP contribution < -0.4 is 5.56 Å². The first kappa shape index (κ1) is 11.8. The summed E-state index contributed by atoms with van der Waals surface area (Å²) in [6.07, 6.45) is 1.32. The van der Waals surface area contributed by atoms with Crippen molar-refractivity contribution in [1.29, 1.82) is 0 Å². The Bertz CT molecular complexity index is 409. The molecule has 0 aliphatic heterocycles. The highest BCUT2D eigenvalue weighted by Crippen LogP contribution is 2.22. The highest BCUT2D eigenvalue weighted by molar-refractivity contribution is 7.11. The van der Waals surface area contributed by atoms with Crippen molar-refractivity contribution in [3.8, 4) is 5.06 Å².